The predicted molar refractivity (Wildman–Crippen MR) is 146 cm³/mol. The van der Waals surface area contributed by atoms with Crippen molar-refractivity contribution in [3.8, 4) is 5.75 Å². The van der Waals surface area contributed by atoms with E-state index in [1.807, 2.05) is 18.2 Å². The van der Waals surface area contributed by atoms with Gasteiger partial charge in [0.15, 0.2) is 10.1 Å². The summed E-state index contributed by atoms with van der Waals surface area (Å²) in [6.07, 6.45) is 0. The summed E-state index contributed by atoms with van der Waals surface area (Å²) in [4.78, 5) is 0. The fourth-order valence-corrected chi connectivity index (χ4v) is 2.21. The van der Waals surface area contributed by atoms with Crippen LogP contribution in [0.25, 0.3) is 0 Å². The van der Waals surface area contributed by atoms with Crippen molar-refractivity contribution in [1.82, 2.24) is 0 Å². The summed E-state index contributed by atoms with van der Waals surface area (Å²) < 4.78 is 5.32. The first-order valence-corrected chi connectivity index (χ1v) is 12.3. The third-order valence-corrected chi connectivity index (χ3v) is 3.88. The highest BCUT2D eigenvalue weighted by atomic mass is 32.2. The van der Waals surface area contributed by atoms with Crippen LogP contribution in [0.1, 0.15) is 59.6 Å². The third kappa shape index (κ3) is 22.9. The molecule has 3 nitrogen and oxygen atoms in total. The van der Waals surface area contributed by atoms with Crippen LogP contribution in [0.5, 0.6) is 5.75 Å². The maximum atomic E-state index is 9.06. The predicted octanol–water partition coefficient (Wildman–Crippen LogP) is 8.04. The number of hydrogen-bond donors (Lipinski definition) is 2. The number of phenolic OH excluding ortho intramolecular Hbond substituents is 1. The molecule has 0 amide bonds. The van der Waals surface area contributed by atoms with Crippen molar-refractivity contribution >= 4 is 46.3 Å². The second-order valence-electron chi connectivity index (χ2n) is 7.72. The number of ether oxygens (including phenoxy) is 1. The molecule has 0 aliphatic carbocycles. The van der Waals surface area contributed by atoms with Crippen molar-refractivity contribution in [3.63, 3.8) is 0 Å². The quantitative estimate of drug-likeness (QED) is 0.255. The van der Waals surface area contributed by atoms with Crippen molar-refractivity contribution in [1.29, 1.82) is 0 Å². The van der Waals surface area contributed by atoms with Gasteiger partial charge in [-0.2, -0.15) is 0 Å². The molecule has 2 aromatic rings. The van der Waals surface area contributed by atoms with Gasteiger partial charge in [-0.15, -0.1) is 11.8 Å². The summed E-state index contributed by atoms with van der Waals surface area (Å²) >= 11 is 11.3. The highest BCUT2D eigenvalue weighted by molar-refractivity contribution is 7.99. The van der Waals surface area contributed by atoms with Crippen LogP contribution < -0.4 is 0 Å². The summed E-state index contributed by atoms with van der Waals surface area (Å²) in [6.45, 7) is 15.1. The molecule has 0 bridgehead atoms. The van der Waals surface area contributed by atoms with Crippen LogP contribution in [-0.4, -0.2) is 32.0 Å². The Labute approximate surface area is 204 Å². The molecule has 0 spiro atoms. The van der Waals surface area contributed by atoms with E-state index in [9.17, 15) is 0 Å². The van der Waals surface area contributed by atoms with E-state index in [0.717, 1.165) is 23.2 Å². The molecule has 0 saturated heterocycles. The molecule has 0 radical (unpaired) electrons. The number of thioether (sulfide) groups is 1. The first kappa shape index (κ1) is 31.6. The van der Waals surface area contributed by atoms with Gasteiger partial charge in [-0.05, 0) is 66.3 Å². The molecule has 2 rings (SSSR count). The zero-order valence-corrected chi connectivity index (χ0v) is 22.2. The lowest BCUT2D eigenvalue weighted by Gasteiger charge is -2.06. The lowest BCUT2D eigenvalue weighted by molar-refractivity contribution is 0.393. The molecular weight excluding hydrogens is 444 g/mol. The van der Waals surface area contributed by atoms with E-state index in [4.69, 9.17) is 27.2 Å². The standard InChI is InChI=1S/C10H12O2S2.C7H6OS.2C4H10/c1-2-14-7-12-10(13)8-3-5-9(11)6-4-8;8-7(9)6-4-2-1-3-5-6;2*1-4(2)3/h3-6,11H,2,7H2,1H3;1-5H,(H,8,9);2*4H,1-3H3. The largest absolute Gasteiger partial charge is 0.508 e. The second kappa shape index (κ2) is 20.3. The molecule has 0 atom stereocenters. The van der Waals surface area contributed by atoms with Crippen LogP contribution in [0.15, 0.2) is 54.6 Å². The Morgan fingerprint density at radius 2 is 1.29 bits per heavy atom. The molecule has 0 unspecified atom stereocenters. The van der Waals surface area contributed by atoms with E-state index in [1.54, 1.807) is 48.2 Å². The van der Waals surface area contributed by atoms with Gasteiger partial charge in [-0.3, -0.25) is 0 Å². The molecule has 0 aromatic heterocycles. The van der Waals surface area contributed by atoms with Gasteiger partial charge in [0, 0.05) is 11.1 Å². The van der Waals surface area contributed by atoms with Gasteiger partial charge in [0.05, 0.1) is 0 Å². The second-order valence-corrected chi connectivity index (χ2v) is 9.70. The van der Waals surface area contributed by atoms with E-state index in [1.165, 1.54) is 0 Å². The van der Waals surface area contributed by atoms with Gasteiger partial charge < -0.3 is 14.9 Å². The van der Waals surface area contributed by atoms with Gasteiger partial charge in [-0.25, -0.2) is 0 Å². The highest BCUT2D eigenvalue weighted by Crippen LogP contribution is 2.12. The van der Waals surface area contributed by atoms with Crippen LogP contribution in [0, 0.1) is 11.8 Å². The van der Waals surface area contributed by atoms with Gasteiger partial charge in [0.2, 0.25) is 0 Å². The molecule has 2 aromatic carbocycles. The Balaban J connectivity index is 0. The van der Waals surface area contributed by atoms with E-state index < -0.39 is 0 Å². The molecule has 174 valence electrons. The third-order valence-electron chi connectivity index (χ3n) is 2.60. The molecule has 0 aliphatic heterocycles. The molecular formula is C25H38O3S3. The minimum Gasteiger partial charge on any atom is -0.508 e. The van der Waals surface area contributed by atoms with Crippen LogP contribution in [-0.2, 0) is 4.74 Å². The summed E-state index contributed by atoms with van der Waals surface area (Å²) in [6, 6.07) is 15.8. The van der Waals surface area contributed by atoms with Crippen molar-refractivity contribution in [2.24, 2.45) is 11.8 Å². The van der Waals surface area contributed by atoms with E-state index in [2.05, 4.69) is 60.7 Å². The number of rotatable bonds is 5. The smallest absolute Gasteiger partial charge is 0.192 e. The molecule has 31 heavy (non-hydrogen) atoms. The minimum absolute atomic E-state index is 0.0457. The summed E-state index contributed by atoms with van der Waals surface area (Å²) in [5.41, 5.74) is 1.53. The Morgan fingerprint density at radius 1 is 0.839 bits per heavy atom. The van der Waals surface area contributed by atoms with Gasteiger partial charge >= 0.3 is 0 Å². The Bertz CT molecular complexity index is 688. The molecule has 2 N–H and O–H groups in total. The maximum Gasteiger partial charge on any atom is 0.192 e. The summed E-state index contributed by atoms with van der Waals surface area (Å²) in [5, 5.41) is 18.3. The van der Waals surface area contributed by atoms with Gasteiger partial charge in [0.1, 0.15) is 11.7 Å². The van der Waals surface area contributed by atoms with Crippen LogP contribution in [0.2, 0.25) is 0 Å². The highest BCUT2D eigenvalue weighted by Gasteiger charge is 2.01. The minimum atomic E-state index is -0.0457. The van der Waals surface area contributed by atoms with E-state index in [-0.39, 0.29) is 10.8 Å². The van der Waals surface area contributed by atoms with E-state index in [0.29, 0.717) is 16.6 Å². The average molecular weight is 483 g/mol. The van der Waals surface area contributed by atoms with Crippen molar-refractivity contribution in [3.05, 3.63) is 65.7 Å². The SMILES string of the molecule is CC(C)C.CC(C)C.CCSCOC(=S)c1ccc(O)cc1.OC(=S)c1ccccc1. The summed E-state index contributed by atoms with van der Waals surface area (Å²) in [7, 11) is 0. The Hall–Kier alpha value is -1.63. The number of benzene rings is 2. The number of phenols is 1. The maximum absolute atomic E-state index is 9.06. The van der Waals surface area contributed by atoms with Crippen molar-refractivity contribution in [2.45, 2.75) is 48.5 Å². The lowest BCUT2D eigenvalue weighted by atomic mass is 10.2. The van der Waals surface area contributed by atoms with Crippen LogP contribution in [0.4, 0.5) is 0 Å². The summed E-state index contributed by atoms with van der Waals surface area (Å²) in [5.74, 6) is 3.49. The Morgan fingerprint density at radius 3 is 1.65 bits per heavy atom. The fraction of sp³-hybridized carbons (Fsp3) is 0.440. The molecule has 0 aliphatic rings. The fourth-order valence-electron chi connectivity index (χ4n) is 1.44. The number of hydrogen-bond acceptors (Lipinski definition) is 5. The molecule has 0 fully saturated rings. The lowest BCUT2D eigenvalue weighted by Crippen LogP contribution is -2.02. The monoisotopic (exact) mass is 482 g/mol. The zero-order chi connectivity index (χ0) is 24.2. The van der Waals surface area contributed by atoms with Crippen LogP contribution >= 0.6 is 36.2 Å². The number of aromatic hydroxyl groups is 1. The number of thiocarbonyl (C=S) groups is 2. The molecule has 6 heteroatoms. The number of aliphatic hydroxyl groups is 1. The zero-order valence-electron chi connectivity index (χ0n) is 19.8. The normalized spacial score (nSPS) is 9.32. The molecule has 0 saturated carbocycles. The first-order chi connectivity index (χ1) is 14.5. The van der Waals surface area contributed by atoms with Crippen molar-refractivity contribution in [2.75, 3.05) is 11.7 Å². The number of aliphatic hydroxyl groups excluding tert-OH is 1. The van der Waals surface area contributed by atoms with Gasteiger partial charge in [0.25, 0.3) is 0 Å². The molecule has 0 heterocycles. The topological polar surface area (TPSA) is 49.7 Å². The first-order valence-electron chi connectivity index (χ1n) is 10.3. The Kier molecular flexibility index (Phi) is 20.6. The van der Waals surface area contributed by atoms with Crippen LogP contribution in [0.3, 0.4) is 0 Å². The van der Waals surface area contributed by atoms with E-state index >= 15 is 0 Å². The average Bonchev–Trinajstić information content (AvgIpc) is 2.69. The van der Waals surface area contributed by atoms with Gasteiger partial charge in [-0.1, -0.05) is 78.8 Å². The van der Waals surface area contributed by atoms with Crippen molar-refractivity contribution < 1.29 is 14.9 Å².